The minimum absolute atomic E-state index is 0.00596. The van der Waals surface area contributed by atoms with Gasteiger partial charge in [-0.1, -0.05) is 41.5 Å². The molecule has 4 aliphatic carbocycles. The summed E-state index contributed by atoms with van der Waals surface area (Å²) in [5.74, 6) is 1.39. The van der Waals surface area contributed by atoms with Crippen molar-refractivity contribution in [1.82, 2.24) is 5.32 Å². The largest absolute Gasteiger partial charge is 0.457 e. The molecule has 4 rings (SSSR count). The van der Waals surface area contributed by atoms with Gasteiger partial charge in [0.05, 0.1) is 27.1 Å². The number of amides is 1. The molecule has 0 unspecified atom stereocenters. The van der Waals surface area contributed by atoms with Crippen molar-refractivity contribution in [2.24, 2.45) is 33.5 Å². The number of ether oxygens (including phenoxy) is 1. The normalized spacial score (nSPS) is 41.1. The van der Waals surface area contributed by atoms with E-state index < -0.39 is 0 Å². The summed E-state index contributed by atoms with van der Waals surface area (Å²) in [4.78, 5) is 25.7. The highest BCUT2D eigenvalue weighted by Gasteiger charge is 2.62. The molecule has 5 heteroatoms. The third kappa shape index (κ3) is 3.71. The highest BCUT2D eigenvalue weighted by molar-refractivity contribution is 5.76. The SMILES string of the molecule is CC1(C)[C@@H]2CC[C@@](C)(C2)[C@@H]1OC(=O)C[N+](C)(C)CCC(=O)N[C@@H]1C[C@@H]2CC[C@@]1(C)C2(C)C. The van der Waals surface area contributed by atoms with E-state index in [1.165, 1.54) is 25.7 Å². The predicted octanol–water partition coefficient (Wildman–Crippen LogP) is 4.54. The highest BCUT2D eigenvalue weighted by Crippen LogP contribution is 2.65. The van der Waals surface area contributed by atoms with E-state index in [9.17, 15) is 9.59 Å². The van der Waals surface area contributed by atoms with E-state index >= 15 is 0 Å². The van der Waals surface area contributed by atoms with Crippen molar-refractivity contribution in [3.05, 3.63) is 0 Å². The standard InChI is InChI=1S/C27H46N2O3/c1-24(2)19-9-12-26(5,16-19)23(24)32-22(31)17-29(7,8)14-11-21(30)28-20-15-18-10-13-27(20,6)25(18,3)4/h18-20,23H,9-17H2,1-8H3/p+1/t18-,19+,20+,23+,26-,27+/m0/s1. The maximum Gasteiger partial charge on any atom is 0.362 e. The van der Waals surface area contributed by atoms with Crippen LogP contribution in [-0.4, -0.2) is 55.7 Å². The van der Waals surface area contributed by atoms with Gasteiger partial charge in [-0.05, 0) is 61.2 Å². The lowest BCUT2D eigenvalue weighted by Crippen LogP contribution is -2.51. The minimum Gasteiger partial charge on any atom is -0.457 e. The maximum absolute atomic E-state index is 12.9. The zero-order chi connectivity index (χ0) is 23.7. The van der Waals surface area contributed by atoms with E-state index in [1.54, 1.807) is 0 Å². The molecule has 6 atom stereocenters. The molecule has 4 saturated carbocycles. The number of nitrogens with zero attached hydrogens (tertiary/aromatic N) is 1. The van der Waals surface area contributed by atoms with Gasteiger partial charge in [-0.3, -0.25) is 4.79 Å². The van der Waals surface area contributed by atoms with Crippen LogP contribution >= 0.6 is 0 Å². The van der Waals surface area contributed by atoms with Gasteiger partial charge in [0.25, 0.3) is 0 Å². The highest BCUT2D eigenvalue weighted by atomic mass is 16.5. The summed E-state index contributed by atoms with van der Waals surface area (Å²) in [6, 6.07) is 0.282. The number of carbonyl (C=O) groups excluding carboxylic acids is 2. The summed E-state index contributed by atoms with van der Waals surface area (Å²) in [7, 11) is 4.06. The molecule has 0 aromatic heterocycles. The molecular formula is C27H47N2O3+. The Morgan fingerprint density at radius 2 is 1.66 bits per heavy atom. The third-order valence-electron chi connectivity index (χ3n) is 11.0. The number of quaternary nitrogens is 1. The van der Waals surface area contributed by atoms with Gasteiger partial charge in [0.2, 0.25) is 5.91 Å². The van der Waals surface area contributed by atoms with Crippen LogP contribution in [0.4, 0.5) is 0 Å². The number of carbonyl (C=O) groups is 2. The van der Waals surface area contributed by atoms with Crippen LogP contribution in [0.5, 0.6) is 0 Å². The molecule has 4 fully saturated rings. The molecule has 0 heterocycles. The monoisotopic (exact) mass is 447 g/mol. The summed E-state index contributed by atoms with van der Waals surface area (Å²) in [5, 5.41) is 3.36. The number of esters is 1. The number of fused-ring (bicyclic) bond motifs is 4. The van der Waals surface area contributed by atoms with Crippen molar-refractivity contribution < 1.29 is 18.8 Å². The van der Waals surface area contributed by atoms with Crippen LogP contribution in [0.1, 0.15) is 86.5 Å². The van der Waals surface area contributed by atoms with Crippen molar-refractivity contribution in [3.63, 3.8) is 0 Å². The van der Waals surface area contributed by atoms with Crippen molar-refractivity contribution in [2.75, 3.05) is 27.2 Å². The summed E-state index contributed by atoms with van der Waals surface area (Å²) in [6.45, 7) is 14.9. The summed E-state index contributed by atoms with van der Waals surface area (Å²) >= 11 is 0. The lowest BCUT2D eigenvalue weighted by Gasteiger charge is -2.42. The average molecular weight is 448 g/mol. The molecule has 5 nitrogen and oxygen atoms in total. The first-order valence-electron chi connectivity index (χ1n) is 12.9. The first-order valence-corrected chi connectivity index (χ1v) is 12.9. The van der Waals surface area contributed by atoms with Crippen LogP contribution in [0.15, 0.2) is 0 Å². The van der Waals surface area contributed by atoms with Crippen LogP contribution in [0.3, 0.4) is 0 Å². The van der Waals surface area contributed by atoms with Gasteiger partial charge in [-0.2, -0.15) is 0 Å². The molecule has 1 amide bonds. The summed E-state index contributed by atoms with van der Waals surface area (Å²) in [5.41, 5.74) is 0.689. The fraction of sp³-hybridized carbons (Fsp3) is 0.926. The van der Waals surface area contributed by atoms with E-state index in [1.807, 2.05) is 14.1 Å². The first kappa shape index (κ1) is 24.0. The zero-order valence-corrected chi connectivity index (χ0v) is 21.8. The second kappa shape index (κ2) is 7.45. The van der Waals surface area contributed by atoms with Crippen LogP contribution in [0.2, 0.25) is 0 Å². The molecule has 32 heavy (non-hydrogen) atoms. The Balaban J connectivity index is 1.27. The topological polar surface area (TPSA) is 55.4 Å². The molecule has 0 saturated heterocycles. The smallest absolute Gasteiger partial charge is 0.362 e. The van der Waals surface area contributed by atoms with Crippen molar-refractivity contribution in [3.8, 4) is 0 Å². The zero-order valence-electron chi connectivity index (χ0n) is 21.8. The Morgan fingerprint density at radius 1 is 1.00 bits per heavy atom. The average Bonchev–Trinajstić information content (AvgIpc) is 3.28. The van der Waals surface area contributed by atoms with Crippen LogP contribution in [0, 0.1) is 33.5 Å². The number of rotatable bonds is 7. The van der Waals surface area contributed by atoms with Gasteiger partial charge in [0.15, 0.2) is 6.54 Å². The Morgan fingerprint density at radius 3 is 2.19 bits per heavy atom. The molecule has 1 N–H and O–H groups in total. The molecule has 4 aliphatic rings. The Labute approximate surface area is 195 Å². The van der Waals surface area contributed by atoms with Gasteiger partial charge < -0.3 is 14.5 Å². The van der Waals surface area contributed by atoms with Gasteiger partial charge >= 0.3 is 5.97 Å². The van der Waals surface area contributed by atoms with Crippen molar-refractivity contribution >= 4 is 11.9 Å². The molecule has 4 bridgehead atoms. The Bertz CT molecular complexity index is 783. The van der Waals surface area contributed by atoms with Crippen LogP contribution in [-0.2, 0) is 14.3 Å². The fourth-order valence-corrected chi connectivity index (χ4v) is 8.24. The van der Waals surface area contributed by atoms with Crippen LogP contribution < -0.4 is 5.32 Å². The molecule has 0 radical (unpaired) electrons. The lowest BCUT2D eigenvalue weighted by atomic mass is 9.69. The third-order valence-corrected chi connectivity index (χ3v) is 11.0. The first-order chi connectivity index (χ1) is 14.6. The van der Waals surface area contributed by atoms with Crippen molar-refractivity contribution in [1.29, 1.82) is 0 Å². The van der Waals surface area contributed by atoms with Gasteiger partial charge in [-0.15, -0.1) is 0 Å². The van der Waals surface area contributed by atoms with E-state index in [4.69, 9.17) is 4.74 Å². The van der Waals surface area contributed by atoms with E-state index in [0.717, 1.165) is 18.8 Å². The summed E-state index contributed by atoms with van der Waals surface area (Å²) in [6.07, 6.45) is 7.66. The number of hydrogen-bond acceptors (Lipinski definition) is 3. The molecule has 0 aliphatic heterocycles. The second-order valence-corrected chi connectivity index (χ2v) is 14.1. The Hall–Kier alpha value is -1.10. The molecular weight excluding hydrogens is 400 g/mol. The summed E-state index contributed by atoms with van der Waals surface area (Å²) < 4.78 is 6.61. The fourth-order valence-electron chi connectivity index (χ4n) is 8.24. The van der Waals surface area contributed by atoms with E-state index in [0.29, 0.717) is 35.3 Å². The number of nitrogens with one attached hydrogen (secondary N) is 1. The molecule has 182 valence electrons. The van der Waals surface area contributed by atoms with Gasteiger partial charge in [0, 0.05) is 16.9 Å². The van der Waals surface area contributed by atoms with E-state index in [2.05, 4.69) is 46.9 Å². The lowest BCUT2D eigenvalue weighted by molar-refractivity contribution is -0.882. The van der Waals surface area contributed by atoms with E-state index in [-0.39, 0.29) is 40.3 Å². The molecule has 0 spiro atoms. The molecule has 0 aromatic carbocycles. The number of likely N-dealkylation sites (N-methyl/N-ethyl adjacent to an activating group) is 1. The predicted molar refractivity (Wildman–Crippen MR) is 127 cm³/mol. The maximum atomic E-state index is 12.9. The van der Waals surface area contributed by atoms with Gasteiger partial charge in [-0.25, -0.2) is 4.79 Å². The van der Waals surface area contributed by atoms with Crippen molar-refractivity contribution in [2.45, 2.75) is 98.6 Å². The quantitative estimate of drug-likeness (QED) is 0.460. The minimum atomic E-state index is -0.121. The second-order valence-electron chi connectivity index (χ2n) is 14.1. The number of hydrogen-bond donors (Lipinski definition) is 1. The van der Waals surface area contributed by atoms with Gasteiger partial charge in [0.1, 0.15) is 6.10 Å². The Kier molecular flexibility index (Phi) is 5.60. The van der Waals surface area contributed by atoms with Crippen LogP contribution in [0.25, 0.3) is 0 Å². The molecule has 0 aromatic rings.